The second-order valence-corrected chi connectivity index (χ2v) is 2.74. The lowest BCUT2D eigenvalue weighted by Gasteiger charge is -1.87. The topological polar surface area (TPSA) is 12.0 Å². The van der Waals surface area contributed by atoms with Crippen molar-refractivity contribution in [1.82, 2.24) is 5.32 Å². The summed E-state index contributed by atoms with van der Waals surface area (Å²) in [4.78, 5) is 0.692. The van der Waals surface area contributed by atoms with E-state index in [-0.39, 0.29) is 0 Å². The normalized spacial score (nSPS) is 34.5. The Morgan fingerprint density at radius 2 is 2.67 bits per heavy atom. The molecule has 1 unspecified atom stereocenters. The molecular weight excluding hydrogens is 142 g/mol. The Hall–Kier alpha value is 0.440. The highest BCUT2D eigenvalue weighted by molar-refractivity contribution is 9.09. The summed E-state index contributed by atoms with van der Waals surface area (Å²) in [6.45, 7) is 3.18. The fraction of sp³-hybridized carbons (Fsp3) is 0.750. The van der Waals surface area contributed by atoms with E-state index in [1.807, 2.05) is 0 Å². The van der Waals surface area contributed by atoms with E-state index in [1.165, 1.54) is 6.42 Å². The third-order valence-corrected chi connectivity index (χ3v) is 1.55. The van der Waals surface area contributed by atoms with Crippen LogP contribution in [0.1, 0.15) is 6.42 Å². The lowest BCUT2D eigenvalue weighted by molar-refractivity contribution is 0.924. The predicted molar refractivity (Wildman–Crippen MR) is 29.6 cm³/mol. The molecule has 35 valence electrons. The van der Waals surface area contributed by atoms with E-state index in [9.17, 15) is 0 Å². The van der Waals surface area contributed by atoms with Crippen LogP contribution in [0.15, 0.2) is 0 Å². The zero-order chi connectivity index (χ0) is 4.41. The van der Waals surface area contributed by atoms with Crippen LogP contribution in [0, 0.1) is 6.54 Å². The number of rotatable bonds is 0. The highest BCUT2D eigenvalue weighted by atomic mass is 79.9. The highest BCUT2D eigenvalue weighted by Crippen LogP contribution is 2.09. The van der Waals surface area contributed by atoms with Gasteiger partial charge < -0.3 is 5.32 Å². The smallest absolute Gasteiger partial charge is 0.0286 e. The fourth-order valence-electron chi connectivity index (χ4n) is 0.506. The van der Waals surface area contributed by atoms with E-state index in [0.717, 1.165) is 6.54 Å². The zero-order valence-corrected chi connectivity index (χ0v) is 5.03. The first kappa shape index (κ1) is 4.60. The van der Waals surface area contributed by atoms with Gasteiger partial charge in [-0.25, -0.2) is 0 Å². The van der Waals surface area contributed by atoms with Gasteiger partial charge in [-0.2, -0.15) is 0 Å². The Kier molecular flexibility index (Phi) is 1.48. The van der Waals surface area contributed by atoms with Gasteiger partial charge >= 0.3 is 0 Å². The van der Waals surface area contributed by atoms with Crippen LogP contribution in [0.2, 0.25) is 0 Å². The van der Waals surface area contributed by atoms with Crippen LogP contribution in [-0.2, 0) is 0 Å². The molecule has 6 heavy (non-hydrogen) atoms. The minimum atomic E-state index is 0.692. The van der Waals surface area contributed by atoms with Gasteiger partial charge in [0.1, 0.15) is 0 Å². The monoisotopic (exact) mass is 148 g/mol. The number of hydrogen-bond acceptors (Lipinski definition) is 1. The van der Waals surface area contributed by atoms with Gasteiger partial charge in [-0.1, -0.05) is 15.9 Å². The molecule has 1 fully saturated rings. The molecule has 0 amide bonds. The first-order valence-corrected chi connectivity index (χ1v) is 3.00. The molecule has 1 saturated heterocycles. The van der Waals surface area contributed by atoms with Crippen molar-refractivity contribution in [2.45, 2.75) is 11.2 Å². The highest BCUT2D eigenvalue weighted by Gasteiger charge is 2.08. The molecule has 1 N–H and O–H groups in total. The van der Waals surface area contributed by atoms with Crippen LogP contribution in [-0.4, -0.2) is 11.4 Å². The largest absolute Gasteiger partial charge is 0.311 e. The van der Waals surface area contributed by atoms with E-state index < -0.39 is 0 Å². The van der Waals surface area contributed by atoms with Crippen molar-refractivity contribution in [3.8, 4) is 0 Å². The third-order valence-electron chi connectivity index (χ3n) is 0.857. The van der Waals surface area contributed by atoms with Crippen molar-refractivity contribution < 1.29 is 0 Å². The molecule has 0 aromatic heterocycles. The molecule has 2 heteroatoms. The molecule has 0 saturated carbocycles. The molecule has 0 aromatic rings. The van der Waals surface area contributed by atoms with Gasteiger partial charge in [0.2, 0.25) is 0 Å². The SMILES string of the molecule is BrC1C[CH]NC1. The number of alkyl halides is 1. The molecule has 0 aliphatic carbocycles. The van der Waals surface area contributed by atoms with Crippen molar-refractivity contribution in [1.29, 1.82) is 0 Å². The Morgan fingerprint density at radius 3 is 2.83 bits per heavy atom. The minimum absolute atomic E-state index is 0.692. The number of halogens is 1. The zero-order valence-electron chi connectivity index (χ0n) is 3.45. The summed E-state index contributed by atoms with van der Waals surface area (Å²) in [5, 5.41) is 3.10. The van der Waals surface area contributed by atoms with Crippen molar-refractivity contribution in [3.05, 3.63) is 6.54 Å². The Morgan fingerprint density at radius 1 is 1.83 bits per heavy atom. The van der Waals surface area contributed by atoms with Gasteiger partial charge in [0.05, 0.1) is 0 Å². The molecule has 1 nitrogen and oxygen atoms in total. The van der Waals surface area contributed by atoms with E-state index in [0.29, 0.717) is 4.83 Å². The fourth-order valence-corrected chi connectivity index (χ4v) is 0.880. The number of hydrogen-bond donors (Lipinski definition) is 1. The molecule has 0 spiro atoms. The van der Waals surface area contributed by atoms with Gasteiger partial charge in [-0.05, 0) is 6.42 Å². The van der Waals surface area contributed by atoms with Gasteiger partial charge in [-0.15, -0.1) is 0 Å². The van der Waals surface area contributed by atoms with Crippen LogP contribution in [0.25, 0.3) is 0 Å². The first-order valence-electron chi connectivity index (χ1n) is 2.09. The van der Waals surface area contributed by atoms with E-state index in [4.69, 9.17) is 0 Å². The van der Waals surface area contributed by atoms with Gasteiger partial charge in [0.15, 0.2) is 0 Å². The molecule has 1 radical (unpaired) electrons. The van der Waals surface area contributed by atoms with E-state index in [2.05, 4.69) is 27.8 Å². The average Bonchev–Trinajstić information content (AvgIpc) is 1.86. The second kappa shape index (κ2) is 1.94. The van der Waals surface area contributed by atoms with Crippen LogP contribution >= 0.6 is 15.9 Å². The summed E-state index contributed by atoms with van der Waals surface area (Å²) >= 11 is 3.44. The van der Waals surface area contributed by atoms with Crippen molar-refractivity contribution in [2.24, 2.45) is 0 Å². The maximum atomic E-state index is 3.44. The molecule has 1 atom stereocenters. The van der Waals surface area contributed by atoms with Crippen molar-refractivity contribution >= 4 is 15.9 Å². The summed E-state index contributed by atoms with van der Waals surface area (Å²) in [6, 6.07) is 0. The summed E-state index contributed by atoms with van der Waals surface area (Å²) in [6.07, 6.45) is 1.17. The maximum absolute atomic E-state index is 3.44. The van der Waals surface area contributed by atoms with Crippen molar-refractivity contribution in [3.63, 3.8) is 0 Å². The van der Waals surface area contributed by atoms with Crippen LogP contribution in [0.5, 0.6) is 0 Å². The first-order chi connectivity index (χ1) is 2.89. The molecule has 1 aliphatic heterocycles. The summed E-state index contributed by atoms with van der Waals surface area (Å²) in [5.41, 5.74) is 0. The lowest BCUT2D eigenvalue weighted by Crippen LogP contribution is -2.05. The van der Waals surface area contributed by atoms with Gasteiger partial charge in [-0.3, -0.25) is 0 Å². The molecule has 1 rings (SSSR count). The van der Waals surface area contributed by atoms with E-state index in [1.54, 1.807) is 0 Å². The molecule has 1 heterocycles. The second-order valence-electron chi connectivity index (χ2n) is 1.45. The Balaban J connectivity index is 2.18. The van der Waals surface area contributed by atoms with Gasteiger partial charge in [0.25, 0.3) is 0 Å². The minimum Gasteiger partial charge on any atom is -0.311 e. The predicted octanol–water partition coefficient (Wildman–Crippen LogP) is 0.905. The molecule has 0 bridgehead atoms. The van der Waals surface area contributed by atoms with Crippen LogP contribution in [0.3, 0.4) is 0 Å². The molecule has 0 aromatic carbocycles. The quantitative estimate of drug-likeness (QED) is 0.504. The molecular formula is C4H7BrN. The summed E-state index contributed by atoms with van der Waals surface area (Å²) in [7, 11) is 0. The van der Waals surface area contributed by atoms with Crippen LogP contribution < -0.4 is 5.32 Å². The molecule has 1 aliphatic rings. The summed E-state index contributed by atoms with van der Waals surface area (Å²) in [5.74, 6) is 0. The standard InChI is InChI=1S/C4H7BrN/c5-4-1-2-6-3-4/h2,4,6H,1,3H2. The third kappa shape index (κ3) is 0.949. The Bertz CT molecular complexity index is 40.8. The van der Waals surface area contributed by atoms with Gasteiger partial charge in [0, 0.05) is 17.9 Å². The maximum Gasteiger partial charge on any atom is 0.0286 e. The van der Waals surface area contributed by atoms with Crippen LogP contribution in [0.4, 0.5) is 0 Å². The lowest BCUT2D eigenvalue weighted by atomic mass is 10.4. The Labute approximate surface area is 46.2 Å². The number of nitrogens with one attached hydrogen (secondary N) is 1. The average molecular weight is 149 g/mol. The summed E-state index contributed by atoms with van der Waals surface area (Å²) < 4.78 is 0. The van der Waals surface area contributed by atoms with Crippen molar-refractivity contribution in [2.75, 3.05) is 6.54 Å². The van der Waals surface area contributed by atoms with E-state index >= 15 is 0 Å².